The molecule has 0 aliphatic carbocycles. The zero-order valence-corrected chi connectivity index (χ0v) is 16.4. The van der Waals surface area contributed by atoms with Crippen LogP contribution in [-0.4, -0.2) is 36.8 Å². The average molecular weight is 394 g/mol. The van der Waals surface area contributed by atoms with Crippen LogP contribution >= 0.6 is 0 Å². The van der Waals surface area contributed by atoms with Crippen LogP contribution in [0.5, 0.6) is 0 Å². The molecule has 0 N–H and O–H groups in total. The highest BCUT2D eigenvalue weighted by Gasteiger charge is 2.34. The van der Waals surface area contributed by atoms with Gasteiger partial charge in [0.1, 0.15) is 0 Å². The van der Waals surface area contributed by atoms with Gasteiger partial charge in [-0.25, -0.2) is 8.42 Å². The van der Waals surface area contributed by atoms with E-state index in [1.165, 1.54) is 0 Å². The molecule has 1 fully saturated rings. The third kappa shape index (κ3) is 4.09. The Morgan fingerprint density at radius 2 is 1.64 bits per heavy atom. The summed E-state index contributed by atoms with van der Waals surface area (Å²) < 4.78 is 24.0. The fourth-order valence-corrected chi connectivity index (χ4v) is 5.66. The lowest BCUT2D eigenvalue weighted by molar-refractivity contribution is -0.133. The van der Waals surface area contributed by atoms with Crippen molar-refractivity contribution >= 4 is 26.5 Å². The standard InChI is InChI=1S/C23H23NO3S/c25-23(15-20-11-6-10-19-9-4-5-12-22(19)20)24(16-18-7-2-1-3-8-18)21-13-14-28(26,27)17-21/h1-12,21H,13-17H2/t21-/m0/s1. The third-order valence-electron chi connectivity index (χ3n) is 5.39. The number of amides is 1. The van der Waals surface area contributed by atoms with Crippen LogP contribution in [0.1, 0.15) is 17.5 Å². The second-order valence-corrected chi connectivity index (χ2v) is 9.61. The molecule has 0 radical (unpaired) electrons. The summed E-state index contributed by atoms with van der Waals surface area (Å²) in [5, 5.41) is 2.17. The van der Waals surface area contributed by atoms with Crippen molar-refractivity contribution in [2.45, 2.75) is 25.4 Å². The third-order valence-corrected chi connectivity index (χ3v) is 7.14. The first-order chi connectivity index (χ1) is 13.5. The average Bonchev–Trinajstić information content (AvgIpc) is 3.06. The van der Waals surface area contributed by atoms with Crippen molar-refractivity contribution in [2.75, 3.05) is 11.5 Å². The normalized spacial score (nSPS) is 18.2. The molecule has 1 aliphatic heterocycles. The largest absolute Gasteiger partial charge is 0.334 e. The summed E-state index contributed by atoms with van der Waals surface area (Å²) in [5.74, 6) is 0.188. The maximum atomic E-state index is 13.3. The number of hydrogen-bond acceptors (Lipinski definition) is 3. The molecule has 0 bridgehead atoms. The van der Waals surface area contributed by atoms with Gasteiger partial charge in [-0.05, 0) is 28.3 Å². The molecule has 144 valence electrons. The van der Waals surface area contributed by atoms with Crippen LogP contribution < -0.4 is 0 Å². The van der Waals surface area contributed by atoms with Gasteiger partial charge in [0, 0.05) is 12.6 Å². The van der Waals surface area contributed by atoms with Crippen LogP contribution in [0.15, 0.2) is 72.8 Å². The summed E-state index contributed by atoms with van der Waals surface area (Å²) in [6.07, 6.45) is 0.779. The Balaban J connectivity index is 1.62. The maximum Gasteiger partial charge on any atom is 0.227 e. The molecule has 1 saturated heterocycles. The van der Waals surface area contributed by atoms with Crippen LogP contribution in [0.25, 0.3) is 10.8 Å². The summed E-state index contributed by atoms with van der Waals surface area (Å²) in [7, 11) is -3.07. The molecular formula is C23H23NO3S. The second-order valence-electron chi connectivity index (χ2n) is 7.38. The first kappa shape index (κ1) is 18.7. The van der Waals surface area contributed by atoms with Gasteiger partial charge in [0.25, 0.3) is 0 Å². The highest BCUT2D eigenvalue weighted by atomic mass is 32.2. The van der Waals surface area contributed by atoms with Gasteiger partial charge in [-0.3, -0.25) is 4.79 Å². The lowest BCUT2D eigenvalue weighted by atomic mass is 10.0. The van der Waals surface area contributed by atoms with E-state index in [2.05, 4.69) is 0 Å². The van der Waals surface area contributed by atoms with Gasteiger partial charge in [0.05, 0.1) is 17.9 Å². The zero-order valence-electron chi connectivity index (χ0n) is 15.6. The Kier molecular flexibility index (Phi) is 5.18. The number of rotatable bonds is 5. The summed E-state index contributed by atoms with van der Waals surface area (Å²) >= 11 is 0. The minimum atomic E-state index is -3.07. The van der Waals surface area contributed by atoms with Gasteiger partial charge in [-0.1, -0.05) is 72.8 Å². The summed E-state index contributed by atoms with van der Waals surface area (Å²) in [4.78, 5) is 15.1. The van der Waals surface area contributed by atoms with Gasteiger partial charge in [-0.15, -0.1) is 0 Å². The number of fused-ring (bicyclic) bond motifs is 1. The summed E-state index contributed by atoms with van der Waals surface area (Å²) in [6, 6.07) is 23.5. The fourth-order valence-electron chi connectivity index (χ4n) is 3.93. The molecule has 4 rings (SSSR count). The fraction of sp³-hybridized carbons (Fsp3) is 0.261. The van der Waals surface area contributed by atoms with Crippen molar-refractivity contribution in [3.8, 4) is 0 Å². The lowest BCUT2D eigenvalue weighted by Crippen LogP contribution is -2.41. The first-order valence-corrected chi connectivity index (χ1v) is 11.3. The SMILES string of the molecule is O=C(Cc1cccc2ccccc12)N(Cc1ccccc1)[C@H]1CCS(=O)(=O)C1. The molecule has 0 saturated carbocycles. The Morgan fingerprint density at radius 3 is 2.39 bits per heavy atom. The van der Waals surface area contributed by atoms with E-state index < -0.39 is 9.84 Å². The van der Waals surface area contributed by atoms with Crippen LogP contribution in [-0.2, 0) is 27.6 Å². The summed E-state index contributed by atoms with van der Waals surface area (Å²) in [6.45, 7) is 0.435. The van der Waals surface area contributed by atoms with Gasteiger partial charge in [0.2, 0.25) is 5.91 Å². The van der Waals surface area contributed by atoms with E-state index in [1.54, 1.807) is 4.90 Å². The number of carbonyl (C=O) groups is 1. The van der Waals surface area contributed by atoms with Crippen molar-refractivity contribution in [3.63, 3.8) is 0 Å². The van der Waals surface area contributed by atoms with E-state index in [-0.39, 0.29) is 29.9 Å². The summed E-state index contributed by atoms with van der Waals surface area (Å²) in [5.41, 5.74) is 1.99. The molecule has 0 aromatic heterocycles. The second kappa shape index (κ2) is 7.76. The highest BCUT2D eigenvalue weighted by molar-refractivity contribution is 7.91. The van der Waals surface area contributed by atoms with Gasteiger partial charge in [0.15, 0.2) is 9.84 Å². The molecule has 1 atom stereocenters. The van der Waals surface area contributed by atoms with Crippen molar-refractivity contribution in [2.24, 2.45) is 0 Å². The Labute approximate surface area is 165 Å². The van der Waals surface area contributed by atoms with Crippen molar-refractivity contribution < 1.29 is 13.2 Å². The molecule has 3 aromatic carbocycles. The molecule has 1 aliphatic rings. The van der Waals surface area contributed by atoms with Crippen LogP contribution in [0, 0.1) is 0 Å². The van der Waals surface area contributed by atoms with E-state index in [4.69, 9.17) is 0 Å². The molecule has 0 spiro atoms. The van der Waals surface area contributed by atoms with Gasteiger partial charge in [-0.2, -0.15) is 0 Å². The van der Waals surface area contributed by atoms with E-state index in [0.717, 1.165) is 21.9 Å². The molecule has 5 heteroatoms. The minimum Gasteiger partial charge on any atom is -0.334 e. The molecule has 4 nitrogen and oxygen atoms in total. The predicted octanol–water partition coefficient (Wildman–Crippen LogP) is 3.60. The number of nitrogens with zero attached hydrogens (tertiary/aromatic N) is 1. The smallest absolute Gasteiger partial charge is 0.227 e. The van der Waals surface area contributed by atoms with E-state index in [0.29, 0.717) is 13.0 Å². The molecule has 1 heterocycles. The number of benzene rings is 3. The highest BCUT2D eigenvalue weighted by Crippen LogP contribution is 2.24. The first-order valence-electron chi connectivity index (χ1n) is 9.52. The molecule has 3 aromatic rings. The topological polar surface area (TPSA) is 54.5 Å². The quantitative estimate of drug-likeness (QED) is 0.666. The van der Waals surface area contributed by atoms with Crippen LogP contribution in [0.3, 0.4) is 0 Å². The van der Waals surface area contributed by atoms with E-state index in [9.17, 15) is 13.2 Å². The van der Waals surface area contributed by atoms with Gasteiger partial charge >= 0.3 is 0 Å². The van der Waals surface area contributed by atoms with Crippen LogP contribution in [0.4, 0.5) is 0 Å². The number of sulfone groups is 1. The van der Waals surface area contributed by atoms with Crippen LogP contribution in [0.2, 0.25) is 0 Å². The Hall–Kier alpha value is -2.66. The van der Waals surface area contributed by atoms with Crippen molar-refractivity contribution in [1.82, 2.24) is 4.90 Å². The Bertz CT molecular complexity index is 1090. The number of hydrogen-bond donors (Lipinski definition) is 0. The molecule has 1 amide bonds. The van der Waals surface area contributed by atoms with Crippen molar-refractivity contribution in [3.05, 3.63) is 83.9 Å². The van der Waals surface area contributed by atoms with Gasteiger partial charge < -0.3 is 4.90 Å². The van der Waals surface area contributed by atoms with Crippen molar-refractivity contribution in [1.29, 1.82) is 0 Å². The predicted molar refractivity (Wildman–Crippen MR) is 112 cm³/mol. The molecular weight excluding hydrogens is 370 g/mol. The Morgan fingerprint density at radius 1 is 0.929 bits per heavy atom. The lowest BCUT2D eigenvalue weighted by Gasteiger charge is -2.29. The number of carbonyl (C=O) groups excluding carboxylic acids is 1. The maximum absolute atomic E-state index is 13.3. The monoisotopic (exact) mass is 393 g/mol. The van der Waals surface area contributed by atoms with E-state index in [1.807, 2.05) is 72.8 Å². The van der Waals surface area contributed by atoms with E-state index >= 15 is 0 Å². The minimum absolute atomic E-state index is 0.0256. The molecule has 0 unspecified atom stereocenters. The molecule has 28 heavy (non-hydrogen) atoms. The zero-order chi connectivity index (χ0) is 19.6.